The monoisotopic (exact) mass is 397 g/mol. The van der Waals surface area contributed by atoms with Crippen LogP contribution < -0.4 is 5.32 Å². The summed E-state index contributed by atoms with van der Waals surface area (Å²) in [5.41, 5.74) is -2.10. The van der Waals surface area contributed by atoms with Gasteiger partial charge in [0.2, 0.25) is 0 Å². The molecule has 6 N–H and O–H groups in total. The number of aromatic hydroxyl groups is 2. The molecule has 12 heteroatoms. The van der Waals surface area contributed by atoms with Crippen LogP contribution in [0.2, 0.25) is 0 Å². The Morgan fingerprint density at radius 1 is 0.889 bits per heavy atom. The smallest absolute Gasteiger partial charge is 0.337 e. The zero-order valence-corrected chi connectivity index (χ0v) is 13.9. The van der Waals surface area contributed by atoms with Crippen molar-refractivity contribution in [1.82, 2.24) is 0 Å². The SMILES string of the molecule is O=C(O)c1ccc(C(=O)O)c(NC(=O)c2cc(O)cc(S(=O)(=O)O)c2O)c1. The van der Waals surface area contributed by atoms with E-state index in [1.807, 2.05) is 5.32 Å². The molecule has 0 bridgehead atoms. The molecule has 2 aromatic carbocycles. The van der Waals surface area contributed by atoms with Crippen LogP contribution >= 0.6 is 0 Å². The summed E-state index contributed by atoms with van der Waals surface area (Å²) >= 11 is 0. The van der Waals surface area contributed by atoms with Crippen molar-refractivity contribution in [2.45, 2.75) is 4.90 Å². The molecule has 0 radical (unpaired) electrons. The fraction of sp³-hybridized carbons (Fsp3) is 0. The van der Waals surface area contributed by atoms with Crippen LogP contribution in [0.5, 0.6) is 11.5 Å². The maximum Gasteiger partial charge on any atom is 0.337 e. The second kappa shape index (κ2) is 6.93. The molecule has 27 heavy (non-hydrogen) atoms. The van der Waals surface area contributed by atoms with Crippen LogP contribution in [-0.2, 0) is 10.1 Å². The van der Waals surface area contributed by atoms with Crippen LogP contribution in [0, 0.1) is 0 Å². The highest BCUT2D eigenvalue weighted by atomic mass is 32.2. The van der Waals surface area contributed by atoms with Gasteiger partial charge >= 0.3 is 11.9 Å². The molecule has 0 atom stereocenters. The normalized spacial score (nSPS) is 11.0. The lowest BCUT2D eigenvalue weighted by atomic mass is 10.1. The van der Waals surface area contributed by atoms with Crippen molar-refractivity contribution in [3.05, 3.63) is 47.0 Å². The number of nitrogens with one attached hydrogen (secondary N) is 1. The first-order valence-electron chi connectivity index (χ1n) is 6.87. The number of phenols is 2. The Kier molecular flexibility index (Phi) is 5.05. The van der Waals surface area contributed by atoms with E-state index in [2.05, 4.69) is 0 Å². The van der Waals surface area contributed by atoms with Crippen molar-refractivity contribution in [3.63, 3.8) is 0 Å². The number of carboxylic acids is 2. The largest absolute Gasteiger partial charge is 0.508 e. The number of carbonyl (C=O) groups is 3. The van der Waals surface area contributed by atoms with E-state index in [1.165, 1.54) is 0 Å². The minimum atomic E-state index is -4.99. The number of amides is 1. The number of hydrogen-bond acceptors (Lipinski definition) is 7. The highest BCUT2D eigenvalue weighted by molar-refractivity contribution is 7.86. The molecular formula is C15H11NO10S. The topological polar surface area (TPSA) is 199 Å². The first kappa shape index (κ1) is 19.7. The van der Waals surface area contributed by atoms with Gasteiger partial charge in [-0.15, -0.1) is 0 Å². The van der Waals surface area contributed by atoms with Crippen molar-refractivity contribution in [1.29, 1.82) is 0 Å². The average Bonchev–Trinajstić information content (AvgIpc) is 2.55. The second-order valence-corrected chi connectivity index (χ2v) is 6.53. The summed E-state index contributed by atoms with van der Waals surface area (Å²) in [5, 5.41) is 39.5. The molecule has 0 spiro atoms. The molecule has 142 valence electrons. The van der Waals surface area contributed by atoms with E-state index in [-0.39, 0.29) is 5.56 Å². The van der Waals surface area contributed by atoms with Crippen molar-refractivity contribution in [3.8, 4) is 11.5 Å². The third kappa shape index (κ3) is 4.13. The number of carboxylic acid groups (broad SMARTS) is 2. The molecule has 1 amide bonds. The van der Waals surface area contributed by atoms with E-state index in [0.717, 1.165) is 18.2 Å². The van der Waals surface area contributed by atoms with Gasteiger partial charge in [-0.2, -0.15) is 8.42 Å². The third-order valence-corrected chi connectivity index (χ3v) is 4.19. The van der Waals surface area contributed by atoms with E-state index in [0.29, 0.717) is 12.1 Å². The minimum absolute atomic E-state index is 0.353. The zero-order chi connectivity index (χ0) is 20.5. The van der Waals surface area contributed by atoms with Crippen LogP contribution in [0.1, 0.15) is 31.1 Å². The van der Waals surface area contributed by atoms with Gasteiger partial charge in [0.05, 0.1) is 22.4 Å². The number of benzene rings is 2. The van der Waals surface area contributed by atoms with E-state index in [4.69, 9.17) is 14.8 Å². The first-order chi connectivity index (χ1) is 12.4. The Bertz CT molecular complexity index is 1070. The standard InChI is InChI=1S/C15H11NO10S/c17-7-4-9(12(18)11(5-7)27(24,25)26)13(19)16-10-3-6(14(20)21)1-2-8(10)15(22)23/h1-5,17-18H,(H,16,19)(H,20,21)(H,22,23)(H,24,25,26). The van der Waals surface area contributed by atoms with Gasteiger partial charge in [-0.3, -0.25) is 9.35 Å². The number of aromatic carboxylic acids is 2. The van der Waals surface area contributed by atoms with E-state index in [1.54, 1.807) is 0 Å². The summed E-state index contributed by atoms with van der Waals surface area (Å²) in [5.74, 6) is -6.15. The van der Waals surface area contributed by atoms with Crippen molar-refractivity contribution in [2.75, 3.05) is 5.32 Å². The van der Waals surface area contributed by atoms with Gasteiger partial charge in [-0.1, -0.05) is 0 Å². The number of rotatable bonds is 5. The van der Waals surface area contributed by atoms with Crippen LogP contribution in [-0.4, -0.2) is 51.2 Å². The predicted octanol–water partition coefficient (Wildman–Crippen LogP) is 0.993. The fourth-order valence-corrected chi connectivity index (χ4v) is 2.74. The van der Waals surface area contributed by atoms with Crippen molar-refractivity contribution >= 4 is 33.7 Å². The van der Waals surface area contributed by atoms with E-state index >= 15 is 0 Å². The Morgan fingerprint density at radius 3 is 2.04 bits per heavy atom. The van der Waals surface area contributed by atoms with Crippen LogP contribution in [0.15, 0.2) is 35.2 Å². The molecule has 2 rings (SSSR count). The fourth-order valence-electron chi connectivity index (χ4n) is 2.12. The second-order valence-electron chi connectivity index (χ2n) is 5.14. The molecule has 0 aliphatic heterocycles. The summed E-state index contributed by atoms with van der Waals surface area (Å²) < 4.78 is 31.5. The predicted molar refractivity (Wildman–Crippen MR) is 87.9 cm³/mol. The Morgan fingerprint density at radius 2 is 1.52 bits per heavy atom. The van der Waals surface area contributed by atoms with Gasteiger partial charge in [0.25, 0.3) is 16.0 Å². The average molecular weight is 397 g/mol. The molecule has 0 aliphatic carbocycles. The van der Waals surface area contributed by atoms with Gasteiger partial charge in [-0.05, 0) is 24.3 Å². The molecule has 0 aliphatic rings. The maximum atomic E-state index is 12.3. The van der Waals surface area contributed by atoms with E-state index in [9.17, 15) is 33.0 Å². The van der Waals surface area contributed by atoms with E-state index < -0.39 is 61.2 Å². The summed E-state index contributed by atoms with van der Waals surface area (Å²) in [6.45, 7) is 0. The lowest BCUT2D eigenvalue weighted by Crippen LogP contribution is -2.16. The minimum Gasteiger partial charge on any atom is -0.508 e. The molecule has 0 heterocycles. The summed E-state index contributed by atoms with van der Waals surface area (Å²) in [6, 6.07) is 3.92. The molecule has 0 saturated carbocycles. The zero-order valence-electron chi connectivity index (χ0n) is 13.1. The summed E-state index contributed by atoms with van der Waals surface area (Å²) in [6.07, 6.45) is 0. The van der Waals surface area contributed by atoms with Gasteiger partial charge in [0.15, 0.2) is 0 Å². The molecule has 0 saturated heterocycles. The van der Waals surface area contributed by atoms with Gasteiger partial charge in [0, 0.05) is 6.07 Å². The molecular weight excluding hydrogens is 386 g/mol. The van der Waals surface area contributed by atoms with Gasteiger partial charge < -0.3 is 25.7 Å². The summed E-state index contributed by atoms with van der Waals surface area (Å²) in [4.78, 5) is 33.4. The van der Waals surface area contributed by atoms with Crippen LogP contribution in [0.4, 0.5) is 5.69 Å². The number of phenolic OH excluding ortho intramolecular Hbond substituents is 2. The molecule has 2 aromatic rings. The molecule has 0 aromatic heterocycles. The Balaban J connectivity index is 2.56. The first-order valence-corrected chi connectivity index (χ1v) is 8.31. The van der Waals surface area contributed by atoms with Crippen LogP contribution in [0.3, 0.4) is 0 Å². The molecule has 0 fully saturated rings. The summed E-state index contributed by atoms with van der Waals surface area (Å²) in [7, 11) is -4.99. The Labute approximate surface area is 150 Å². The molecule has 0 unspecified atom stereocenters. The lowest BCUT2D eigenvalue weighted by Gasteiger charge is -2.12. The third-order valence-electron chi connectivity index (χ3n) is 3.33. The number of carbonyl (C=O) groups excluding carboxylic acids is 1. The highest BCUT2D eigenvalue weighted by Crippen LogP contribution is 2.32. The quantitative estimate of drug-likeness (QED) is 0.312. The Hall–Kier alpha value is -3.64. The highest BCUT2D eigenvalue weighted by Gasteiger charge is 2.25. The number of anilines is 1. The van der Waals surface area contributed by atoms with Crippen molar-refractivity contribution < 1.29 is 47.8 Å². The molecule has 11 nitrogen and oxygen atoms in total. The van der Waals surface area contributed by atoms with Crippen molar-refractivity contribution in [2.24, 2.45) is 0 Å². The maximum absolute atomic E-state index is 12.3. The van der Waals surface area contributed by atoms with Gasteiger partial charge in [0.1, 0.15) is 16.4 Å². The lowest BCUT2D eigenvalue weighted by molar-refractivity contribution is 0.0682. The number of hydrogen-bond donors (Lipinski definition) is 6. The van der Waals surface area contributed by atoms with Gasteiger partial charge in [-0.25, -0.2) is 9.59 Å². The van der Waals surface area contributed by atoms with Crippen LogP contribution in [0.25, 0.3) is 0 Å².